The minimum Gasteiger partial charge on any atom is -0.507 e. The van der Waals surface area contributed by atoms with E-state index in [1.54, 1.807) is 30.3 Å². The standard InChI is InChI=1S/C11H10O4/c1-8(12)15-11(14)7-10(13)9-5-3-2-4-6-9/h2-7,13H,1H3/b10-7-. The summed E-state index contributed by atoms with van der Waals surface area (Å²) in [6.45, 7) is 1.12. The average Bonchev–Trinajstić information content (AvgIpc) is 2.17. The van der Waals surface area contributed by atoms with Crippen molar-refractivity contribution in [3.63, 3.8) is 0 Å². The minimum atomic E-state index is -0.885. The topological polar surface area (TPSA) is 63.6 Å². The fourth-order valence-electron chi connectivity index (χ4n) is 0.975. The zero-order valence-electron chi connectivity index (χ0n) is 8.14. The number of aliphatic hydroxyl groups is 1. The van der Waals surface area contributed by atoms with Gasteiger partial charge in [-0.25, -0.2) is 4.79 Å². The van der Waals surface area contributed by atoms with Gasteiger partial charge in [0.05, 0.1) is 6.08 Å². The Morgan fingerprint density at radius 3 is 2.40 bits per heavy atom. The van der Waals surface area contributed by atoms with Crippen LogP contribution in [0.25, 0.3) is 5.76 Å². The molecule has 0 saturated carbocycles. The maximum Gasteiger partial charge on any atom is 0.342 e. The maximum absolute atomic E-state index is 11.0. The zero-order valence-corrected chi connectivity index (χ0v) is 8.14. The van der Waals surface area contributed by atoms with Crippen molar-refractivity contribution in [3.8, 4) is 0 Å². The summed E-state index contributed by atoms with van der Waals surface area (Å²) in [5.74, 6) is -1.83. The molecule has 0 atom stereocenters. The summed E-state index contributed by atoms with van der Waals surface area (Å²) in [7, 11) is 0. The molecule has 15 heavy (non-hydrogen) atoms. The van der Waals surface area contributed by atoms with Crippen LogP contribution < -0.4 is 0 Å². The van der Waals surface area contributed by atoms with Crippen LogP contribution in [0, 0.1) is 0 Å². The van der Waals surface area contributed by atoms with E-state index in [2.05, 4.69) is 4.74 Å². The van der Waals surface area contributed by atoms with Crippen LogP contribution >= 0.6 is 0 Å². The first-order chi connectivity index (χ1) is 7.09. The first-order valence-electron chi connectivity index (χ1n) is 4.28. The van der Waals surface area contributed by atoms with Crippen LogP contribution in [-0.4, -0.2) is 17.0 Å². The summed E-state index contributed by atoms with van der Waals surface area (Å²) in [6.07, 6.45) is 0.858. The number of carbonyl (C=O) groups is 2. The molecule has 0 unspecified atom stereocenters. The quantitative estimate of drug-likeness (QED) is 0.346. The Morgan fingerprint density at radius 2 is 1.87 bits per heavy atom. The third-order valence-electron chi connectivity index (χ3n) is 1.57. The fraction of sp³-hybridized carbons (Fsp3) is 0.0909. The van der Waals surface area contributed by atoms with Crippen molar-refractivity contribution in [2.75, 3.05) is 0 Å². The first-order valence-corrected chi connectivity index (χ1v) is 4.28. The van der Waals surface area contributed by atoms with Crippen molar-refractivity contribution >= 4 is 17.7 Å². The number of carbonyl (C=O) groups excluding carboxylic acids is 2. The molecule has 0 fully saturated rings. The Bertz CT molecular complexity index is 392. The molecule has 0 heterocycles. The smallest absolute Gasteiger partial charge is 0.342 e. The van der Waals surface area contributed by atoms with E-state index in [9.17, 15) is 14.7 Å². The molecule has 0 amide bonds. The Kier molecular flexibility index (Phi) is 3.62. The lowest BCUT2D eigenvalue weighted by molar-refractivity contribution is -0.154. The molecule has 0 aliphatic heterocycles. The van der Waals surface area contributed by atoms with Gasteiger partial charge in [-0.3, -0.25) is 4.79 Å². The lowest BCUT2D eigenvalue weighted by Crippen LogP contribution is -2.06. The molecule has 0 spiro atoms. The van der Waals surface area contributed by atoms with Crippen LogP contribution in [0.4, 0.5) is 0 Å². The van der Waals surface area contributed by atoms with Gasteiger partial charge in [0.2, 0.25) is 0 Å². The molecule has 0 bridgehead atoms. The lowest BCUT2D eigenvalue weighted by atomic mass is 10.2. The predicted molar refractivity (Wildman–Crippen MR) is 53.8 cm³/mol. The number of ether oxygens (including phenoxy) is 1. The van der Waals surface area contributed by atoms with E-state index in [1.807, 2.05) is 0 Å². The van der Waals surface area contributed by atoms with E-state index >= 15 is 0 Å². The van der Waals surface area contributed by atoms with E-state index in [1.165, 1.54) is 0 Å². The molecule has 0 radical (unpaired) electrons. The molecule has 0 aliphatic rings. The summed E-state index contributed by atoms with van der Waals surface area (Å²) in [4.78, 5) is 21.4. The molecule has 78 valence electrons. The van der Waals surface area contributed by atoms with Gasteiger partial charge >= 0.3 is 11.9 Å². The lowest BCUT2D eigenvalue weighted by Gasteiger charge is -1.99. The SMILES string of the molecule is CC(=O)OC(=O)/C=C(\O)c1ccccc1. The van der Waals surface area contributed by atoms with Crippen molar-refractivity contribution in [2.45, 2.75) is 6.92 Å². The highest BCUT2D eigenvalue weighted by Crippen LogP contribution is 2.09. The van der Waals surface area contributed by atoms with Crippen LogP contribution in [0.2, 0.25) is 0 Å². The number of hydrogen-bond acceptors (Lipinski definition) is 4. The third kappa shape index (κ3) is 3.64. The van der Waals surface area contributed by atoms with E-state index in [0.717, 1.165) is 13.0 Å². The highest BCUT2D eigenvalue weighted by Gasteiger charge is 2.05. The van der Waals surface area contributed by atoms with Crippen LogP contribution in [-0.2, 0) is 14.3 Å². The summed E-state index contributed by atoms with van der Waals surface area (Å²) >= 11 is 0. The molecule has 4 heteroatoms. The van der Waals surface area contributed by atoms with Gasteiger partial charge in [0, 0.05) is 12.5 Å². The Labute approximate surface area is 86.8 Å². The van der Waals surface area contributed by atoms with E-state index in [4.69, 9.17) is 0 Å². The second-order valence-electron chi connectivity index (χ2n) is 2.81. The summed E-state index contributed by atoms with van der Waals surface area (Å²) in [6, 6.07) is 8.48. The van der Waals surface area contributed by atoms with E-state index in [-0.39, 0.29) is 5.76 Å². The predicted octanol–water partition coefficient (Wildman–Crippen LogP) is 1.68. The van der Waals surface area contributed by atoms with E-state index in [0.29, 0.717) is 5.56 Å². The molecule has 0 aromatic heterocycles. The molecule has 1 N–H and O–H groups in total. The van der Waals surface area contributed by atoms with Gasteiger partial charge in [0.1, 0.15) is 5.76 Å². The molecule has 1 aromatic carbocycles. The fourth-order valence-corrected chi connectivity index (χ4v) is 0.975. The number of aliphatic hydroxyl groups excluding tert-OH is 1. The summed E-state index contributed by atoms with van der Waals surface area (Å²) in [5, 5.41) is 9.45. The van der Waals surface area contributed by atoms with Crippen molar-refractivity contribution in [2.24, 2.45) is 0 Å². The van der Waals surface area contributed by atoms with Gasteiger partial charge in [-0.15, -0.1) is 0 Å². The Balaban J connectivity index is 2.76. The maximum atomic E-state index is 11.0. The highest BCUT2D eigenvalue weighted by atomic mass is 16.6. The normalized spacial score (nSPS) is 10.9. The third-order valence-corrected chi connectivity index (χ3v) is 1.57. The summed E-state index contributed by atoms with van der Waals surface area (Å²) in [5.41, 5.74) is 0.484. The van der Waals surface area contributed by atoms with Gasteiger partial charge in [-0.2, -0.15) is 0 Å². The number of rotatable bonds is 2. The minimum absolute atomic E-state index is 0.234. The number of esters is 2. The van der Waals surface area contributed by atoms with Gasteiger partial charge < -0.3 is 9.84 Å². The van der Waals surface area contributed by atoms with Crippen LogP contribution in [0.1, 0.15) is 12.5 Å². The molecule has 1 aromatic rings. The highest BCUT2D eigenvalue weighted by molar-refractivity contribution is 5.95. The first kappa shape index (κ1) is 11.0. The van der Waals surface area contributed by atoms with Gasteiger partial charge in [0.25, 0.3) is 0 Å². The molecular weight excluding hydrogens is 196 g/mol. The van der Waals surface area contributed by atoms with Crippen molar-refractivity contribution in [1.82, 2.24) is 0 Å². The molecular formula is C11H10O4. The molecule has 1 rings (SSSR count). The van der Waals surface area contributed by atoms with Gasteiger partial charge in [0.15, 0.2) is 0 Å². The van der Waals surface area contributed by atoms with Crippen LogP contribution in [0.5, 0.6) is 0 Å². The molecule has 0 aliphatic carbocycles. The second-order valence-corrected chi connectivity index (χ2v) is 2.81. The Hall–Kier alpha value is -2.10. The number of hydrogen-bond donors (Lipinski definition) is 1. The van der Waals surface area contributed by atoms with Crippen molar-refractivity contribution in [3.05, 3.63) is 42.0 Å². The molecule has 4 nitrogen and oxygen atoms in total. The largest absolute Gasteiger partial charge is 0.507 e. The Morgan fingerprint density at radius 1 is 1.27 bits per heavy atom. The summed E-state index contributed by atoms with van der Waals surface area (Å²) < 4.78 is 4.23. The van der Waals surface area contributed by atoms with Gasteiger partial charge in [-0.05, 0) is 0 Å². The van der Waals surface area contributed by atoms with Crippen molar-refractivity contribution in [1.29, 1.82) is 0 Å². The van der Waals surface area contributed by atoms with Crippen molar-refractivity contribution < 1.29 is 19.4 Å². The number of benzene rings is 1. The second kappa shape index (κ2) is 4.95. The van der Waals surface area contributed by atoms with E-state index < -0.39 is 11.9 Å². The van der Waals surface area contributed by atoms with Crippen LogP contribution in [0.15, 0.2) is 36.4 Å². The zero-order chi connectivity index (χ0) is 11.3. The monoisotopic (exact) mass is 206 g/mol. The average molecular weight is 206 g/mol. The van der Waals surface area contributed by atoms with Gasteiger partial charge in [-0.1, -0.05) is 30.3 Å². The van der Waals surface area contributed by atoms with Crippen LogP contribution in [0.3, 0.4) is 0 Å². The molecule has 0 saturated heterocycles.